The Morgan fingerprint density at radius 2 is 1.86 bits per heavy atom. The van der Waals surface area contributed by atoms with E-state index in [-0.39, 0.29) is 11.3 Å². The molecule has 1 aromatic carbocycles. The molecule has 2 aromatic rings. The molecule has 0 fully saturated rings. The predicted molar refractivity (Wildman–Crippen MR) is 76.9 cm³/mol. The summed E-state index contributed by atoms with van der Waals surface area (Å²) in [6.07, 6.45) is 0. The molecule has 7 heteroatoms. The van der Waals surface area contributed by atoms with E-state index in [1.807, 2.05) is 0 Å². The van der Waals surface area contributed by atoms with Gasteiger partial charge in [0.2, 0.25) is 5.71 Å². The molecule has 0 spiro atoms. The van der Waals surface area contributed by atoms with Crippen LogP contribution in [0.5, 0.6) is 0 Å². The van der Waals surface area contributed by atoms with Gasteiger partial charge in [0.25, 0.3) is 5.56 Å². The third-order valence-corrected chi connectivity index (χ3v) is 2.55. The average molecular weight is 278 g/mol. The van der Waals surface area contributed by atoms with E-state index in [2.05, 4.69) is 15.6 Å². The predicted octanol–water partition coefficient (Wildman–Crippen LogP) is 1.36. The molecule has 0 amide bonds. The van der Waals surface area contributed by atoms with Crippen molar-refractivity contribution < 1.29 is 0 Å². The van der Waals surface area contributed by atoms with E-state index in [1.54, 1.807) is 49.4 Å². The minimum Gasteiger partial charge on any atom is -0.277 e. The number of hydrogen-bond donors (Lipinski definition) is 1. The van der Waals surface area contributed by atoms with Crippen molar-refractivity contribution in [1.29, 1.82) is 10.5 Å². The molecule has 7 nitrogen and oxygen atoms in total. The zero-order valence-electron chi connectivity index (χ0n) is 11.1. The highest BCUT2D eigenvalue weighted by Gasteiger charge is 2.01. The number of rotatable bonds is 3. The molecule has 2 rings (SSSR count). The molecular weight excluding hydrogens is 268 g/mol. The van der Waals surface area contributed by atoms with Crippen LogP contribution in [0.25, 0.3) is 5.69 Å². The smallest absolute Gasteiger partial charge is 0.271 e. The summed E-state index contributed by atoms with van der Waals surface area (Å²) in [6.45, 7) is 1.80. The molecule has 0 aliphatic heterocycles. The number of hydrazone groups is 1. The standard InChI is InChI=1S/C14H10N6O/c1-10-2-7-14(21)20(19-10)13-5-3-11(4-6-13)17-18-12(8-15)9-16/h2-7,17H,1H3. The Hall–Kier alpha value is -3.45. The Morgan fingerprint density at radius 3 is 2.48 bits per heavy atom. The highest BCUT2D eigenvalue weighted by molar-refractivity contribution is 6.10. The van der Waals surface area contributed by atoms with Gasteiger partial charge in [0, 0.05) is 6.07 Å². The summed E-state index contributed by atoms with van der Waals surface area (Å²) in [4.78, 5) is 11.7. The molecule has 0 bridgehead atoms. The van der Waals surface area contributed by atoms with Crippen LogP contribution in [0, 0.1) is 29.6 Å². The van der Waals surface area contributed by atoms with Gasteiger partial charge >= 0.3 is 0 Å². The van der Waals surface area contributed by atoms with Crippen molar-refractivity contribution in [1.82, 2.24) is 9.78 Å². The number of nitrogens with zero attached hydrogens (tertiary/aromatic N) is 5. The van der Waals surface area contributed by atoms with Crippen molar-refractivity contribution in [2.75, 3.05) is 5.43 Å². The fourth-order valence-corrected chi connectivity index (χ4v) is 1.56. The molecular formula is C14H10N6O. The third kappa shape index (κ3) is 3.31. The van der Waals surface area contributed by atoms with Gasteiger partial charge in [0.1, 0.15) is 12.1 Å². The molecule has 0 unspecified atom stereocenters. The Bertz CT molecular complexity index is 804. The van der Waals surface area contributed by atoms with Crippen LogP contribution >= 0.6 is 0 Å². The first-order valence-electron chi connectivity index (χ1n) is 5.95. The van der Waals surface area contributed by atoms with Crippen molar-refractivity contribution in [3.63, 3.8) is 0 Å². The fraction of sp³-hybridized carbons (Fsp3) is 0.0714. The number of benzene rings is 1. The largest absolute Gasteiger partial charge is 0.277 e. The maximum Gasteiger partial charge on any atom is 0.271 e. The van der Waals surface area contributed by atoms with Crippen LogP contribution in [0.15, 0.2) is 46.3 Å². The van der Waals surface area contributed by atoms with E-state index in [0.29, 0.717) is 11.4 Å². The molecule has 0 radical (unpaired) electrons. The molecule has 0 atom stereocenters. The number of aryl methyl sites for hydroxylation is 1. The second kappa shape index (κ2) is 6.13. The van der Waals surface area contributed by atoms with Gasteiger partial charge in [-0.2, -0.15) is 25.4 Å². The van der Waals surface area contributed by atoms with E-state index in [9.17, 15) is 4.79 Å². The Balaban J connectivity index is 2.26. The average Bonchev–Trinajstić information content (AvgIpc) is 2.51. The van der Waals surface area contributed by atoms with E-state index in [4.69, 9.17) is 10.5 Å². The fourth-order valence-electron chi connectivity index (χ4n) is 1.56. The van der Waals surface area contributed by atoms with Crippen LogP contribution in [0.2, 0.25) is 0 Å². The molecule has 1 heterocycles. The minimum atomic E-state index is -0.268. The summed E-state index contributed by atoms with van der Waals surface area (Å²) in [6, 6.07) is 13.1. The summed E-state index contributed by atoms with van der Waals surface area (Å²) in [5.41, 5.74) is 4.02. The van der Waals surface area contributed by atoms with E-state index in [0.717, 1.165) is 5.69 Å². The topological polar surface area (TPSA) is 107 Å². The first-order valence-corrected chi connectivity index (χ1v) is 5.95. The van der Waals surface area contributed by atoms with Gasteiger partial charge < -0.3 is 0 Å². The first kappa shape index (κ1) is 14.0. The van der Waals surface area contributed by atoms with Crippen LogP contribution in [0.3, 0.4) is 0 Å². The van der Waals surface area contributed by atoms with E-state index in [1.165, 1.54) is 10.7 Å². The lowest BCUT2D eigenvalue weighted by Crippen LogP contribution is -2.20. The van der Waals surface area contributed by atoms with Crippen LogP contribution in [0.1, 0.15) is 5.69 Å². The number of aromatic nitrogens is 2. The van der Waals surface area contributed by atoms with Crippen molar-refractivity contribution in [3.05, 3.63) is 52.4 Å². The van der Waals surface area contributed by atoms with Crippen molar-refractivity contribution in [3.8, 4) is 17.8 Å². The monoisotopic (exact) mass is 278 g/mol. The quantitative estimate of drug-likeness (QED) is 0.673. The zero-order valence-corrected chi connectivity index (χ0v) is 11.1. The van der Waals surface area contributed by atoms with Crippen LogP contribution in [0.4, 0.5) is 5.69 Å². The normalized spacial score (nSPS) is 9.29. The van der Waals surface area contributed by atoms with Gasteiger partial charge in [-0.15, -0.1) is 0 Å². The molecule has 102 valence electrons. The van der Waals surface area contributed by atoms with Crippen LogP contribution < -0.4 is 11.0 Å². The lowest BCUT2D eigenvalue weighted by Gasteiger charge is -2.06. The van der Waals surface area contributed by atoms with Gasteiger partial charge in [-0.25, -0.2) is 0 Å². The number of nitriles is 2. The molecule has 1 aromatic heterocycles. The van der Waals surface area contributed by atoms with Gasteiger partial charge in [0.15, 0.2) is 0 Å². The van der Waals surface area contributed by atoms with Gasteiger partial charge in [-0.3, -0.25) is 10.2 Å². The minimum absolute atomic E-state index is 0.226. The maximum absolute atomic E-state index is 11.7. The van der Waals surface area contributed by atoms with Gasteiger partial charge in [-0.1, -0.05) is 0 Å². The Kier molecular flexibility index (Phi) is 4.08. The molecule has 0 aliphatic carbocycles. The zero-order chi connectivity index (χ0) is 15.2. The van der Waals surface area contributed by atoms with Crippen molar-refractivity contribution >= 4 is 11.4 Å². The second-order valence-electron chi connectivity index (χ2n) is 4.07. The SMILES string of the molecule is Cc1ccc(=O)n(-c2ccc(NN=C(C#N)C#N)cc2)n1. The molecule has 0 saturated heterocycles. The molecule has 1 N–H and O–H groups in total. The Labute approximate surface area is 120 Å². The summed E-state index contributed by atoms with van der Waals surface area (Å²) in [5, 5.41) is 24.9. The first-order chi connectivity index (χ1) is 10.1. The highest BCUT2D eigenvalue weighted by Crippen LogP contribution is 2.11. The maximum atomic E-state index is 11.7. The summed E-state index contributed by atoms with van der Waals surface area (Å²) in [5.74, 6) is 0. The second-order valence-corrected chi connectivity index (χ2v) is 4.07. The summed E-state index contributed by atoms with van der Waals surface area (Å²) in [7, 11) is 0. The molecule has 0 aliphatic rings. The van der Waals surface area contributed by atoms with E-state index >= 15 is 0 Å². The third-order valence-electron chi connectivity index (χ3n) is 2.55. The number of anilines is 1. The van der Waals surface area contributed by atoms with Gasteiger partial charge in [0.05, 0.1) is 17.1 Å². The lowest BCUT2D eigenvalue weighted by molar-refractivity contribution is 0.785. The molecule has 0 saturated carbocycles. The van der Waals surface area contributed by atoms with Gasteiger partial charge in [-0.05, 0) is 37.3 Å². The van der Waals surface area contributed by atoms with Crippen LogP contribution in [-0.2, 0) is 0 Å². The number of nitrogens with one attached hydrogen (secondary N) is 1. The van der Waals surface area contributed by atoms with Crippen LogP contribution in [-0.4, -0.2) is 15.5 Å². The lowest BCUT2D eigenvalue weighted by atomic mass is 10.3. The Morgan fingerprint density at radius 1 is 1.19 bits per heavy atom. The summed E-state index contributed by atoms with van der Waals surface area (Å²) >= 11 is 0. The number of hydrogen-bond acceptors (Lipinski definition) is 6. The van der Waals surface area contributed by atoms with Crippen molar-refractivity contribution in [2.45, 2.75) is 6.92 Å². The van der Waals surface area contributed by atoms with E-state index < -0.39 is 0 Å². The molecule has 21 heavy (non-hydrogen) atoms. The summed E-state index contributed by atoms with van der Waals surface area (Å²) < 4.78 is 1.29. The highest BCUT2D eigenvalue weighted by atomic mass is 16.1. The van der Waals surface area contributed by atoms with Crippen molar-refractivity contribution in [2.24, 2.45) is 5.10 Å².